The highest BCUT2D eigenvalue weighted by atomic mass is 16.4. The standard InChI is InChI=1S/C29H37N3O7/c33-26(34)18-30-15-7-6-12-24(31-17-22(29(38)39)16-20-8-2-1-3-9-20)28(37)32(19-27(35)36)25-14-13-21-10-4-5-11-23(21)25/h1-5,8-11,22,24-25,30-31H,6-7,12-19H2,(H,33,34)(H,35,36)(H,38,39)/t22?,24-,25?/m0/s1. The van der Waals surface area contributed by atoms with Crippen LogP contribution >= 0.6 is 0 Å². The van der Waals surface area contributed by atoms with Crippen molar-refractivity contribution in [3.8, 4) is 0 Å². The molecule has 0 aliphatic heterocycles. The normalized spacial score (nSPS) is 15.7. The zero-order valence-corrected chi connectivity index (χ0v) is 21.9. The van der Waals surface area contributed by atoms with Gasteiger partial charge in [-0.2, -0.15) is 0 Å². The van der Waals surface area contributed by atoms with E-state index in [0.717, 1.165) is 23.1 Å². The lowest BCUT2D eigenvalue weighted by molar-refractivity contribution is -0.147. The van der Waals surface area contributed by atoms with Gasteiger partial charge in [-0.15, -0.1) is 0 Å². The van der Waals surface area contributed by atoms with Gasteiger partial charge in [0.2, 0.25) is 5.91 Å². The van der Waals surface area contributed by atoms with Crippen LogP contribution in [0.25, 0.3) is 0 Å². The quantitative estimate of drug-likeness (QED) is 0.190. The number of nitrogens with zero attached hydrogens (tertiary/aromatic N) is 1. The fourth-order valence-electron chi connectivity index (χ4n) is 5.08. The maximum Gasteiger partial charge on any atom is 0.323 e. The minimum absolute atomic E-state index is 0.0417. The van der Waals surface area contributed by atoms with Crippen LogP contribution < -0.4 is 10.6 Å². The first-order chi connectivity index (χ1) is 18.8. The molecule has 3 atom stereocenters. The number of aliphatic carboxylic acids is 3. The molecule has 10 nitrogen and oxygen atoms in total. The number of benzene rings is 2. The summed E-state index contributed by atoms with van der Waals surface area (Å²) in [6, 6.07) is 15.8. The number of aryl methyl sites for hydroxylation is 1. The summed E-state index contributed by atoms with van der Waals surface area (Å²) in [6.45, 7) is -0.121. The summed E-state index contributed by atoms with van der Waals surface area (Å²) in [5.41, 5.74) is 2.90. The molecule has 2 unspecified atom stereocenters. The molecule has 2 aromatic rings. The van der Waals surface area contributed by atoms with Gasteiger partial charge in [0, 0.05) is 6.54 Å². The van der Waals surface area contributed by atoms with Crippen LogP contribution in [-0.2, 0) is 32.0 Å². The topological polar surface area (TPSA) is 156 Å². The number of carboxylic acids is 3. The van der Waals surface area contributed by atoms with E-state index in [1.807, 2.05) is 54.6 Å². The third-order valence-electron chi connectivity index (χ3n) is 7.02. The molecule has 5 N–H and O–H groups in total. The SMILES string of the molecule is O=C(O)CNCCCC[C@H](NCC(Cc1ccccc1)C(=O)O)C(=O)N(CC(=O)O)C1CCc2ccccc21. The number of amides is 1. The molecule has 39 heavy (non-hydrogen) atoms. The highest BCUT2D eigenvalue weighted by Gasteiger charge is 2.35. The number of rotatable bonds is 17. The number of nitrogens with one attached hydrogen (secondary N) is 2. The number of carboxylic acid groups (broad SMARTS) is 3. The molecule has 0 saturated heterocycles. The van der Waals surface area contributed by atoms with Crippen LogP contribution in [0.5, 0.6) is 0 Å². The van der Waals surface area contributed by atoms with Crippen molar-refractivity contribution >= 4 is 23.8 Å². The molecule has 0 bridgehead atoms. The van der Waals surface area contributed by atoms with Gasteiger partial charge in [0.05, 0.1) is 24.5 Å². The van der Waals surface area contributed by atoms with Crippen molar-refractivity contribution in [3.05, 3.63) is 71.3 Å². The molecule has 0 spiro atoms. The zero-order chi connectivity index (χ0) is 28.2. The van der Waals surface area contributed by atoms with Crippen LogP contribution in [0.3, 0.4) is 0 Å². The summed E-state index contributed by atoms with van der Waals surface area (Å²) in [7, 11) is 0. The Morgan fingerprint density at radius 2 is 1.64 bits per heavy atom. The number of fused-ring (bicyclic) bond motifs is 1. The maximum atomic E-state index is 13.9. The van der Waals surface area contributed by atoms with Crippen LogP contribution in [0.2, 0.25) is 0 Å². The maximum absolute atomic E-state index is 13.9. The van der Waals surface area contributed by atoms with Gasteiger partial charge < -0.3 is 30.9 Å². The van der Waals surface area contributed by atoms with E-state index >= 15 is 0 Å². The van der Waals surface area contributed by atoms with Gasteiger partial charge in [0.15, 0.2) is 0 Å². The fourth-order valence-corrected chi connectivity index (χ4v) is 5.08. The van der Waals surface area contributed by atoms with Crippen molar-refractivity contribution in [2.24, 2.45) is 5.92 Å². The molecule has 10 heteroatoms. The predicted octanol–water partition coefficient (Wildman–Crippen LogP) is 2.33. The van der Waals surface area contributed by atoms with Crippen molar-refractivity contribution in [2.75, 3.05) is 26.2 Å². The predicted molar refractivity (Wildman–Crippen MR) is 144 cm³/mol. The van der Waals surface area contributed by atoms with E-state index in [9.17, 15) is 29.4 Å². The van der Waals surface area contributed by atoms with Gasteiger partial charge in [-0.3, -0.25) is 19.2 Å². The van der Waals surface area contributed by atoms with Gasteiger partial charge in [0.25, 0.3) is 0 Å². The summed E-state index contributed by atoms with van der Waals surface area (Å²) in [5.74, 6) is -4.20. The van der Waals surface area contributed by atoms with Gasteiger partial charge in [0.1, 0.15) is 6.54 Å². The monoisotopic (exact) mass is 539 g/mol. The van der Waals surface area contributed by atoms with Crippen molar-refractivity contribution in [1.82, 2.24) is 15.5 Å². The molecule has 3 rings (SSSR count). The van der Waals surface area contributed by atoms with Crippen LogP contribution in [0.15, 0.2) is 54.6 Å². The molecule has 1 amide bonds. The molecule has 0 aromatic heterocycles. The summed E-state index contributed by atoms with van der Waals surface area (Å²) < 4.78 is 0. The average Bonchev–Trinajstić information content (AvgIpc) is 3.34. The van der Waals surface area contributed by atoms with E-state index in [0.29, 0.717) is 32.2 Å². The first kappa shape index (κ1) is 29.8. The minimum atomic E-state index is -1.11. The highest BCUT2D eigenvalue weighted by molar-refractivity contribution is 5.86. The number of carbonyl (C=O) groups is 4. The molecular weight excluding hydrogens is 502 g/mol. The average molecular weight is 540 g/mol. The Bertz CT molecular complexity index is 1120. The van der Waals surface area contributed by atoms with Gasteiger partial charge >= 0.3 is 17.9 Å². The zero-order valence-electron chi connectivity index (χ0n) is 21.9. The summed E-state index contributed by atoms with van der Waals surface area (Å²) in [4.78, 5) is 49.8. The van der Waals surface area contributed by atoms with E-state index in [-0.39, 0.29) is 31.5 Å². The second kappa shape index (κ2) is 15.0. The molecule has 1 aliphatic carbocycles. The van der Waals surface area contributed by atoms with E-state index < -0.39 is 36.4 Å². The van der Waals surface area contributed by atoms with Gasteiger partial charge in [-0.25, -0.2) is 0 Å². The summed E-state index contributed by atoms with van der Waals surface area (Å²) >= 11 is 0. The van der Waals surface area contributed by atoms with E-state index in [4.69, 9.17) is 5.11 Å². The lowest BCUT2D eigenvalue weighted by atomic mass is 9.98. The third-order valence-corrected chi connectivity index (χ3v) is 7.02. The van der Waals surface area contributed by atoms with Gasteiger partial charge in [-0.05, 0) is 55.3 Å². The van der Waals surface area contributed by atoms with Crippen molar-refractivity contribution in [3.63, 3.8) is 0 Å². The van der Waals surface area contributed by atoms with Crippen LogP contribution in [-0.4, -0.2) is 76.3 Å². The van der Waals surface area contributed by atoms with E-state index in [1.165, 1.54) is 4.90 Å². The highest BCUT2D eigenvalue weighted by Crippen LogP contribution is 2.36. The minimum Gasteiger partial charge on any atom is -0.481 e. The first-order valence-electron chi connectivity index (χ1n) is 13.3. The van der Waals surface area contributed by atoms with E-state index in [1.54, 1.807) is 0 Å². The molecule has 0 radical (unpaired) electrons. The molecule has 1 aliphatic rings. The second-order valence-corrected chi connectivity index (χ2v) is 9.87. The van der Waals surface area contributed by atoms with Crippen molar-refractivity contribution < 1.29 is 34.5 Å². The fraction of sp³-hybridized carbons (Fsp3) is 0.448. The Balaban J connectivity index is 1.75. The lowest BCUT2D eigenvalue weighted by Gasteiger charge is -2.32. The number of hydrogen-bond donors (Lipinski definition) is 5. The Kier molecular flexibility index (Phi) is 11.4. The summed E-state index contributed by atoms with van der Waals surface area (Å²) in [5, 5.41) is 34.3. The molecule has 0 heterocycles. The molecule has 210 valence electrons. The molecule has 0 saturated carbocycles. The Morgan fingerprint density at radius 3 is 2.33 bits per heavy atom. The van der Waals surface area contributed by atoms with Crippen LogP contribution in [0, 0.1) is 5.92 Å². The number of unbranched alkanes of at least 4 members (excludes halogenated alkanes) is 1. The largest absolute Gasteiger partial charge is 0.481 e. The molecular formula is C29H37N3O7. The molecule has 2 aromatic carbocycles. The van der Waals surface area contributed by atoms with Crippen LogP contribution in [0.4, 0.5) is 0 Å². The van der Waals surface area contributed by atoms with Crippen molar-refractivity contribution in [2.45, 2.75) is 50.6 Å². The van der Waals surface area contributed by atoms with Crippen molar-refractivity contribution in [1.29, 1.82) is 0 Å². The summed E-state index contributed by atoms with van der Waals surface area (Å²) in [6.07, 6.45) is 3.18. The lowest BCUT2D eigenvalue weighted by Crippen LogP contribution is -2.50. The Morgan fingerprint density at radius 1 is 0.923 bits per heavy atom. The third kappa shape index (κ3) is 9.19. The Hall–Kier alpha value is -3.76. The second-order valence-electron chi connectivity index (χ2n) is 9.87. The first-order valence-corrected chi connectivity index (χ1v) is 13.3. The van der Waals surface area contributed by atoms with Crippen LogP contribution in [0.1, 0.15) is 48.4 Å². The Labute approximate surface area is 228 Å². The number of carbonyl (C=O) groups excluding carboxylic acids is 1. The number of hydrogen-bond acceptors (Lipinski definition) is 6. The van der Waals surface area contributed by atoms with E-state index in [2.05, 4.69) is 10.6 Å². The molecule has 0 fully saturated rings. The van der Waals surface area contributed by atoms with Gasteiger partial charge in [-0.1, -0.05) is 61.0 Å². The smallest absolute Gasteiger partial charge is 0.323 e.